The number of benzene rings is 2. The average Bonchev–Trinajstić information content (AvgIpc) is 3.07. The largest absolute Gasteiger partial charge is 0.497 e. The van der Waals surface area contributed by atoms with E-state index in [0.29, 0.717) is 12.1 Å². The topological polar surface area (TPSA) is 38.3 Å². The van der Waals surface area contributed by atoms with E-state index in [1.54, 1.807) is 18.4 Å². The Bertz CT molecular complexity index is 781. The molecule has 22 heavy (non-hydrogen) atoms. The molecule has 4 heteroatoms. The normalized spacial score (nSPS) is 10.6. The third kappa shape index (κ3) is 3.28. The van der Waals surface area contributed by atoms with Gasteiger partial charge in [0.15, 0.2) is 0 Å². The lowest BCUT2D eigenvalue weighted by molar-refractivity contribution is 0.0954. The molecule has 112 valence electrons. The van der Waals surface area contributed by atoms with Crippen molar-refractivity contribution in [3.8, 4) is 5.75 Å². The van der Waals surface area contributed by atoms with Gasteiger partial charge in [-0.3, -0.25) is 4.79 Å². The molecule has 3 nitrogen and oxygen atoms in total. The van der Waals surface area contributed by atoms with Gasteiger partial charge in [0.25, 0.3) is 5.91 Å². The molecular weight excluding hydrogens is 294 g/mol. The van der Waals surface area contributed by atoms with E-state index >= 15 is 0 Å². The van der Waals surface area contributed by atoms with Gasteiger partial charge in [-0.2, -0.15) is 0 Å². The molecule has 1 amide bonds. The molecular formula is C18H17NO2S. The predicted molar refractivity (Wildman–Crippen MR) is 90.9 cm³/mol. The van der Waals surface area contributed by atoms with Crippen molar-refractivity contribution in [2.45, 2.75) is 6.42 Å². The maximum absolute atomic E-state index is 12.2. The summed E-state index contributed by atoms with van der Waals surface area (Å²) < 4.78 is 5.21. The monoisotopic (exact) mass is 311 g/mol. The first-order chi connectivity index (χ1) is 10.8. The number of fused-ring (bicyclic) bond motifs is 1. The fourth-order valence-corrected chi connectivity index (χ4v) is 3.06. The standard InChI is InChI=1S/C18H17NO2S/c1-21-16-7-6-13-11-15(5-4-14(13)12-16)18(20)19-9-8-17-3-2-10-22-17/h2-7,10-12H,8-9H2,1H3,(H,19,20). The number of hydrogen-bond acceptors (Lipinski definition) is 3. The van der Waals surface area contributed by atoms with Crippen molar-refractivity contribution >= 4 is 28.0 Å². The summed E-state index contributed by atoms with van der Waals surface area (Å²) in [6.45, 7) is 0.653. The Morgan fingerprint density at radius 2 is 1.95 bits per heavy atom. The van der Waals surface area contributed by atoms with Crippen molar-refractivity contribution in [3.63, 3.8) is 0 Å². The van der Waals surface area contributed by atoms with Crippen LogP contribution in [0.3, 0.4) is 0 Å². The summed E-state index contributed by atoms with van der Waals surface area (Å²) in [4.78, 5) is 13.5. The first-order valence-electron chi connectivity index (χ1n) is 7.14. The molecule has 1 aromatic heterocycles. The summed E-state index contributed by atoms with van der Waals surface area (Å²) in [6, 6.07) is 15.7. The first-order valence-corrected chi connectivity index (χ1v) is 8.02. The zero-order valence-corrected chi connectivity index (χ0v) is 13.2. The third-order valence-corrected chi connectivity index (χ3v) is 4.48. The van der Waals surface area contributed by atoms with E-state index in [9.17, 15) is 4.79 Å². The molecule has 1 N–H and O–H groups in total. The summed E-state index contributed by atoms with van der Waals surface area (Å²) in [5.74, 6) is 0.787. The number of methoxy groups -OCH3 is 1. The van der Waals surface area contributed by atoms with Gasteiger partial charge in [0, 0.05) is 17.0 Å². The van der Waals surface area contributed by atoms with Gasteiger partial charge in [-0.05, 0) is 52.9 Å². The highest BCUT2D eigenvalue weighted by Crippen LogP contribution is 2.21. The van der Waals surface area contributed by atoms with E-state index in [1.165, 1.54) is 4.88 Å². The first kappa shape index (κ1) is 14.6. The number of carbonyl (C=O) groups excluding carboxylic acids is 1. The number of nitrogens with one attached hydrogen (secondary N) is 1. The fraction of sp³-hybridized carbons (Fsp3) is 0.167. The molecule has 0 unspecified atom stereocenters. The van der Waals surface area contributed by atoms with Crippen LogP contribution in [0, 0.1) is 0 Å². The van der Waals surface area contributed by atoms with E-state index < -0.39 is 0 Å². The SMILES string of the molecule is COc1ccc2cc(C(=O)NCCc3cccs3)ccc2c1. The summed E-state index contributed by atoms with van der Waals surface area (Å²) >= 11 is 1.71. The molecule has 0 fully saturated rings. The molecule has 0 aliphatic carbocycles. The van der Waals surface area contributed by atoms with E-state index in [1.807, 2.05) is 42.5 Å². The molecule has 0 atom stereocenters. The van der Waals surface area contributed by atoms with Crippen LogP contribution in [0.1, 0.15) is 15.2 Å². The van der Waals surface area contributed by atoms with Gasteiger partial charge in [-0.1, -0.05) is 18.2 Å². The van der Waals surface area contributed by atoms with Crippen LogP contribution >= 0.6 is 11.3 Å². The number of thiophene rings is 1. The van der Waals surface area contributed by atoms with Crippen molar-refractivity contribution in [3.05, 3.63) is 64.4 Å². The zero-order chi connectivity index (χ0) is 15.4. The smallest absolute Gasteiger partial charge is 0.251 e. The van der Waals surface area contributed by atoms with Crippen molar-refractivity contribution in [2.24, 2.45) is 0 Å². The molecule has 0 saturated heterocycles. The quantitative estimate of drug-likeness (QED) is 0.776. The summed E-state index contributed by atoms with van der Waals surface area (Å²) in [6.07, 6.45) is 0.869. The van der Waals surface area contributed by atoms with Crippen molar-refractivity contribution in [1.82, 2.24) is 5.32 Å². The van der Waals surface area contributed by atoms with Crippen LogP contribution in [0.25, 0.3) is 10.8 Å². The van der Waals surface area contributed by atoms with Gasteiger partial charge < -0.3 is 10.1 Å². The second-order valence-electron chi connectivity index (χ2n) is 5.01. The van der Waals surface area contributed by atoms with Crippen LogP contribution in [-0.4, -0.2) is 19.6 Å². The van der Waals surface area contributed by atoms with Crippen LogP contribution in [-0.2, 0) is 6.42 Å². The van der Waals surface area contributed by atoms with Gasteiger partial charge in [0.05, 0.1) is 7.11 Å². The fourth-order valence-electron chi connectivity index (χ4n) is 2.35. The Balaban J connectivity index is 1.68. The molecule has 0 aliphatic heterocycles. The minimum Gasteiger partial charge on any atom is -0.497 e. The Morgan fingerprint density at radius 3 is 2.73 bits per heavy atom. The lowest BCUT2D eigenvalue weighted by atomic mass is 10.1. The molecule has 0 spiro atoms. The summed E-state index contributed by atoms with van der Waals surface area (Å²) in [5.41, 5.74) is 0.684. The molecule has 0 bridgehead atoms. The van der Waals surface area contributed by atoms with E-state index in [2.05, 4.69) is 16.8 Å². The summed E-state index contributed by atoms with van der Waals surface area (Å²) in [5, 5.41) is 7.12. The highest BCUT2D eigenvalue weighted by atomic mass is 32.1. The van der Waals surface area contributed by atoms with Crippen LogP contribution in [0.2, 0.25) is 0 Å². The second kappa shape index (κ2) is 6.62. The van der Waals surface area contributed by atoms with Crippen LogP contribution in [0.15, 0.2) is 53.9 Å². The number of ether oxygens (including phenoxy) is 1. The Labute approximate surface area is 133 Å². The average molecular weight is 311 g/mol. The third-order valence-electron chi connectivity index (χ3n) is 3.55. The molecule has 2 aromatic carbocycles. The van der Waals surface area contributed by atoms with Crippen LogP contribution < -0.4 is 10.1 Å². The molecule has 0 aliphatic rings. The van der Waals surface area contributed by atoms with E-state index in [4.69, 9.17) is 4.74 Å². The minimum absolute atomic E-state index is 0.0331. The summed E-state index contributed by atoms with van der Waals surface area (Å²) in [7, 11) is 1.65. The zero-order valence-electron chi connectivity index (χ0n) is 12.3. The maximum atomic E-state index is 12.2. The van der Waals surface area contributed by atoms with Gasteiger partial charge >= 0.3 is 0 Å². The van der Waals surface area contributed by atoms with Crippen molar-refractivity contribution < 1.29 is 9.53 Å². The Morgan fingerprint density at radius 1 is 1.14 bits per heavy atom. The number of carbonyl (C=O) groups is 1. The molecule has 0 radical (unpaired) electrons. The number of amides is 1. The molecule has 3 aromatic rings. The predicted octanol–water partition coefficient (Wildman–Crippen LogP) is 3.88. The van der Waals surface area contributed by atoms with Gasteiger partial charge in [0.1, 0.15) is 5.75 Å². The lowest BCUT2D eigenvalue weighted by Crippen LogP contribution is -2.25. The van der Waals surface area contributed by atoms with Gasteiger partial charge in [-0.25, -0.2) is 0 Å². The molecule has 0 saturated carbocycles. The number of rotatable bonds is 5. The van der Waals surface area contributed by atoms with E-state index in [-0.39, 0.29) is 5.91 Å². The second-order valence-corrected chi connectivity index (χ2v) is 6.05. The van der Waals surface area contributed by atoms with Gasteiger partial charge in [-0.15, -0.1) is 11.3 Å². The Kier molecular flexibility index (Phi) is 4.39. The maximum Gasteiger partial charge on any atom is 0.251 e. The van der Waals surface area contributed by atoms with Crippen molar-refractivity contribution in [2.75, 3.05) is 13.7 Å². The van der Waals surface area contributed by atoms with Crippen LogP contribution in [0.5, 0.6) is 5.75 Å². The minimum atomic E-state index is -0.0331. The van der Waals surface area contributed by atoms with Crippen LogP contribution in [0.4, 0.5) is 0 Å². The number of hydrogen-bond donors (Lipinski definition) is 1. The van der Waals surface area contributed by atoms with Gasteiger partial charge in [0.2, 0.25) is 0 Å². The highest BCUT2D eigenvalue weighted by molar-refractivity contribution is 7.09. The highest BCUT2D eigenvalue weighted by Gasteiger charge is 2.06. The van der Waals surface area contributed by atoms with E-state index in [0.717, 1.165) is 22.9 Å². The Hall–Kier alpha value is -2.33. The van der Waals surface area contributed by atoms with Crippen molar-refractivity contribution in [1.29, 1.82) is 0 Å². The lowest BCUT2D eigenvalue weighted by Gasteiger charge is -2.07. The molecule has 3 rings (SSSR count). The molecule has 1 heterocycles.